The Hall–Kier alpha value is -0.230. The molecular formula is C10H16Cl3N3O2. The number of carbonyl (C=O) groups is 2. The molecule has 0 saturated carbocycles. The molecule has 2 saturated heterocycles. The van der Waals surface area contributed by atoms with Gasteiger partial charge in [0.05, 0.1) is 18.6 Å². The number of halogens is 3. The smallest absolute Gasteiger partial charge is 0.236 e. The van der Waals surface area contributed by atoms with Crippen LogP contribution in [0.5, 0.6) is 0 Å². The first kappa shape index (κ1) is 15.8. The van der Waals surface area contributed by atoms with Crippen LogP contribution in [0.2, 0.25) is 0 Å². The molecule has 0 aliphatic carbocycles. The van der Waals surface area contributed by atoms with E-state index in [0.717, 1.165) is 0 Å². The molecule has 18 heavy (non-hydrogen) atoms. The van der Waals surface area contributed by atoms with Crippen LogP contribution in [0.3, 0.4) is 0 Å². The van der Waals surface area contributed by atoms with E-state index < -0.39 is 4.84 Å². The summed E-state index contributed by atoms with van der Waals surface area (Å²) in [6.45, 7) is 1.25. The lowest BCUT2D eigenvalue weighted by Gasteiger charge is -2.43. The molecule has 0 radical (unpaired) electrons. The van der Waals surface area contributed by atoms with Crippen molar-refractivity contribution in [3.8, 4) is 0 Å². The third-order valence-electron chi connectivity index (χ3n) is 3.21. The molecule has 2 N–H and O–H groups in total. The van der Waals surface area contributed by atoms with Gasteiger partial charge in [-0.3, -0.25) is 9.59 Å². The molecule has 2 rings (SSSR count). The molecule has 2 atom stereocenters. The molecule has 0 spiro atoms. The van der Waals surface area contributed by atoms with E-state index in [1.807, 2.05) is 0 Å². The zero-order valence-electron chi connectivity index (χ0n) is 9.70. The SMILES string of the molecule is Cl.O=C1CCCN2C(=O)CNC(C(Cl)Cl)C2CN1. The van der Waals surface area contributed by atoms with Crippen LogP contribution in [0, 0.1) is 0 Å². The summed E-state index contributed by atoms with van der Waals surface area (Å²) < 4.78 is 0. The molecule has 2 unspecified atom stereocenters. The van der Waals surface area contributed by atoms with Crippen molar-refractivity contribution in [3.05, 3.63) is 0 Å². The Balaban J connectivity index is 0.00000162. The van der Waals surface area contributed by atoms with Crippen LogP contribution in [0.15, 0.2) is 0 Å². The van der Waals surface area contributed by atoms with Crippen LogP contribution >= 0.6 is 35.6 Å². The minimum Gasteiger partial charge on any atom is -0.354 e. The summed E-state index contributed by atoms with van der Waals surface area (Å²) in [5.41, 5.74) is 0. The summed E-state index contributed by atoms with van der Waals surface area (Å²) in [6.07, 6.45) is 1.13. The first-order valence-corrected chi connectivity index (χ1v) is 6.54. The average molecular weight is 317 g/mol. The van der Waals surface area contributed by atoms with Crippen LogP contribution in [0.1, 0.15) is 12.8 Å². The molecular weight excluding hydrogens is 300 g/mol. The van der Waals surface area contributed by atoms with E-state index >= 15 is 0 Å². The van der Waals surface area contributed by atoms with Crippen molar-refractivity contribution in [3.63, 3.8) is 0 Å². The van der Waals surface area contributed by atoms with Gasteiger partial charge in [0, 0.05) is 19.5 Å². The van der Waals surface area contributed by atoms with Crippen molar-refractivity contribution in [1.82, 2.24) is 15.5 Å². The molecule has 2 aliphatic rings. The summed E-state index contributed by atoms with van der Waals surface area (Å²) in [6, 6.07) is -0.366. The summed E-state index contributed by atoms with van der Waals surface area (Å²) in [5.74, 6) is 0.0542. The Labute approximate surface area is 122 Å². The number of nitrogens with one attached hydrogen (secondary N) is 2. The summed E-state index contributed by atoms with van der Waals surface area (Å²) in [4.78, 5) is 24.3. The molecule has 2 aliphatic heterocycles. The minimum atomic E-state index is -0.605. The van der Waals surface area contributed by atoms with Gasteiger partial charge in [0.2, 0.25) is 11.8 Å². The number of rotatable bonds is 1. The van der Waals surface area contributed by atoms with E-state index in [-0.39, 0.29) is 42.8 Å². The van der Waals surface area contributed by atoms with E-state index in [4.69, 9.17) is 23.2 Å². The van der Waals surface area contributed by atoms with Crippen LogP contribution in [-0.2, 0) is 9.59 Å². The van der Waals surface area contributed by atoms with Crippen LogP contribution < -0.4 is 10.6 Å². The van der Waals surface area contributed by atoms with Gasteiger partial charge in [0.15, 0.2) is 0 Å². The maximum absolute atomic E-state index is 11.8. The van der Waals surface area contributed by atoms with E-state index in [1.165, 1.54) is 0 Å². The highest BCUT2D eigenvalue weighted by molar-refractivity contribution is 6.44. The minimum absolute atomic E-state index is 0. The molecule has 5 nitrogen and oxygen atoms in total. The molecule has 0 bridgehead atoms. The van der Waals surface area contributed by atoms with Crippen LogP contribution in [0.25, 0.3) is 0 Å². The quantitative estimate of drug-likeness (QED) is 0.684. The second-order valence-electron chi connectivity index (χ2n) is 4.30. The lowest BCUT2D eigenvalue weighted by molar-refractivity contribution is -0.138. The zero-order valence-corrected chi connectivity index (χ0v) is 12.0. The van der Waals surface area contributed by atoms with Crippen LogP contribution in [-0.4, -0.2) is 53.3 Å². The Morgan fingerprint density at radius 1 is 1.33 bits per heavy atom. The summed E-state index contributed by atoms with van der Waals surface area (Å²) in [5, 5.41) is 5.82. The van der Waals surface area contributed by atoms with Crippen molar-refractivity contribution in [2.75, 3.05) is 19.6 Å². The third kappa shape index (κ3) is 3.41. The largest absolute Gasteiger partial charge is 0.354 e. The predicted octanol–water partition coefficient (Wildman–Crippen LogP) is 0.291. The first-order valence-electron chi connectivity index (χ1n) is 5.67. The van der Waals surface area contributed by atoms with Crippen molar-refractivity contribution in [1.29, 1.82) is 0 Å². The van der Waals surface area contributed by atoms with E-state index in [0.29, 0.717) is 25.9 Å². The van der Waals surface area contributed by atoms with Gasteiger partial charge in [-0.2, -0.15) is 0 Å². The average Bonchev–Trinajstić information content (AvgIpc) is 2.25. The Bertz CT molecular complexity index is 327. The number of hydrogen-bond donors (Lipinski definition) is 2. The summed E-state index contributed by atoms with van der Waals surface area (Å²) >= 11 is 11.8. The maximum atomic E-state index is 11.8. The highest BCUT2D eigenvalue weighted by atomic mass is 35.5. The van der Waals surface area contributed by atoms with Crippen molar-refractivity contribution in [2.45, 2.75) is 29.8 Å². The number of alkyl halides is 2. The number of amides is 2. The first-order chi connectivity index (χ1) is 8.09. The lowest BCUT2D eigenvalue weighted by Crippen LogP contribution is -2.66. The molecule has 0 aromatic rings. The van der Waals surface area contributed by atoms with Crippen molar-refractivity contribution < 1.29 is 9.59 Å². The van der Waals surface area contributed by atoms with Gasteiger partial charge >= 0.3 is 0 Å². The zero-order chi connectivity index (χ0) is 12.4. The number of carbonyl (C=O) groups excluding carboxylic acids is 2. The van der Waals surface area contributed by atoms with Gasteiger partial charge in [-0.15, -0.1) is 35.6 Å². The standard InChI is InChI=1S/C10H15Cl2N3O2.ClH/c11-10(12)9-6-4-13-7(16)2-1-3-15(6)8(17)5-14-9;/h6,9-10,14H,1-5H2,(H,13,16);1H. The Morgan fingerprint density at radius 2 is 2.06 bits per heavy atom. The van der Waals surface area contributed by atoms with Gasteiger partial charge < -0.3 is 15.5 Å². The van der Waals surface area contributed by atoms with Crippen molar-refractivity contribution in [2.24, 2.45) is 0 Å². The highest BCUT2D eigenvalue weighted by Gasteiger charge is 2.39. The van der Waals surface area contributed by atoms with Gasteiger partial charge in [-0.25, -0.2) is 0 Å². The fourth-order valence-corrected chi connectivity index (χ4v) is 2.84. The maximum Gasteiger partial charge on any atom is 0.236 e. The second kappa shape index (κ2) is 6.80. The topological polar surface area (TPSA) is 61.4 Å². The Kier molecular flexibility index (Phi) is 5.98. The number of fused-ring (bicyclic) bond motifs is 1. The number of piperazine rings is 1. The lowest BCUT2D eigenvalue weighted by atomic mass is 10.0. The van der Waals surface area contributed by atoms with Gasteiger partial charge in [-0.05, 0) is 6.42 Å². The van der Waals surface area contributed by atoms with E-state index in [2.05, 4.69) is 10.6 Å². The molecule has 0 aromatic carbocycles. The monoisotopic (exact) mass is 315 g/mol. The van der Waals surface area contributed by atoms with E-state index in [1.54, 1.807) is 4.90 Å². The molecule has 104 valence electrons. The van der Waals surface area contributed by atoms with E-state index in [9.17, 15) is 9.59 Å². The fraction of sp³-hybridized carbons (Fsp3) is 0.800. The molecule has 2 heterocycles. The van der Waals surface area contributed by atoms with Gasteiger partial charge in [0.25, 0.3) is 0 Å². The summed E-state index contributed by atoms with van der Waals surface area (Å²) in [7, 11) is 0. The Morgan fingerprint density at radius 3 is 2.72 bits per heavy atom. The highest BCUT2D eigenvalue weighted by Crippen LogP contribution is 2.20. The fourth-order valence-electron chi connectivity index (χ4n) is 2.32. The van der Waals surface area contributed by atoms with Crippen LogP contribution in [0.4, 0.5) is 0 Å². The number of hydrogen-bond acceptors (Lipinski definition) is 3. The van der Waals surface area contributed by atoms with Gasteiger partial charge in [0.1, 0.15) is 4.84 Å². The second-order valence-corrected chi connectivity index (χ2v) is 5.47. The van der Waals surface area contributed by atoms with Gasteiger partial charge in [-0.1, -0.05) is 0 Å². The predicted molar refractivity (Wildman–Crippen MR) is 72.3 cm³/mol. The third-order valence-corrected chi connectivity index (χ3v) is 3.75. The molecule has 2 fully saturated rings. The normalized spacial score (nSPS) is 28.9. The molecule has 8 heteroatoms. The number of nitrogens with zero attached hydrogens (tertiary/aromatic N) is 1. The molecule has 2 amide bonds. The van der Waals surface area contributed by atoms with Crippen molar-refractivity contribution >= 4 is 47.4 Å². The molecule has 0 aromatic heterocycles.